The highest BCUT2D eigenvalue weighted by Gasteiger charge is 2.62. The molecule has 0 aromatic carbocycles. The summed E-state index contributed by atoms with van der Waals surface area (Å²) in [6, 6.07) is 0. The molecule has 3 aliphatic carbocycles. The number of hydrogen-bond acceptors (Lipinski definition) is 3. The summed E-state index contributed by atoms with van der Waals surface area (Å²) in [7, 11) is -3.95. The molecule has 0 aliphatic heterocycles. The maximum absolute atomic E-state index is 11.4. The van der Waals surface area contributed by atoms with Crippen LogP contribution in [0.5, 0.6) is 0 Å². The maximum Gasteiger partial charge on any atom is 0.193 e. The number of aliphatic hydroxyl groups is 1. The van der Waals surface area contributed by atoms with Crippen molar-refractivity contribution in [2.24, 2.45) is 29.6 Å². The van der Waals surface area contributed by atoms with Gasteiger partial charge in [-0.3, -0.25) is 0 Å². The minimum absolute atomic E-state index is 0.00781. The largest absolute Gasteiger partial charge is 0.413 e. The molecule has 39 heavy (non-hydrogen) atoms. The van der Waals surface area contributed by atoms with Crippen LogP contribution in [0.25, 0.3) is 0 Å². The Labute approximate surface area is 244 Å². The van der Waals surface area contributed by atoms with Gasteiger partial charge in [0.2, 0.25) is 0 Å². The van der Waals surface area contributed by atoms with Gasteiger partial charge in [-0.1, -0.05) is 98.5 Å². The van der Waals surface area contributed by atoms with E-state index in [0.717, 1.165) is 12.8 Å². The summed E-state index contributed by atoms with van der Waals surface area (Å²) in [6.07, 6.45) is 12.9. The molecule has 2 unspecified atom stereocenters. The number of rotatable bonds is 6. The van der Waals surface area contributed by atoms with Crippen molar-refractivity contribution in [3.8, 4) is 11.8 Å². The van der Waals surface area contributed by atoms with Crippen LogP contribution < -0.4 is 0 Å². The van der Waals surface area contributed by atoms with Crippen LogP contribution in [-0.4, -0.2) is 39.6 Å². The van der Waals surface area contributed by atoms with Gasteiger partial charge in [-0.15, -0.1) is 6.58 Å². The molecular formula is C34H62O3Si2. The average molecular weight is 575 g/mol. The Balaban J connectivity index is 1.99. The second-order valence-corrected chi connectivity index (χ2v) is 25.8. The molecule has 0 spiro atoms. The van der Waals surface area contributed by atoms with Gasteiger partial charge >= 0.3 is 0 Å². The predicted octanol–water partition coefficient (Wildman–Crippen LogP) is 9.34. The zero-order valence-corrected chi connectivity index (χ0v) is 29.5. The molecule has 5 heteroatoms. The van der Waals surface area contributed by atoms with Crippen LogP contribution in [0.1, 0.15) is 106 Å². The Morgan fingerprint density at radius 1 is 0.872 bits per heavy atom. The molecule has 0 amide bonds. The van der Waals surface area contributed by atoms with E-state index in [4.69, 9.17) is 8.85 Å². The van der Waals surface area contributed by atoms with Gasteiger partial charge < -0.3 is 14.0 Å². The fourth-order valence-electron chi connectivity index (χ4n) is 6.86. The molecule has 0 aromatic rings. The number of hydrogen-bond donors (Lipinski definition) is 1. The maximum atomic E-state index is 11.4. The summed E-state index contributed by atoms with van der Waals surface area (Å²) < 4.78 is 14.3. The van der Waals surface area contributed by atoms with Crippen molar-refractivity contribution in [3.05, 3.63) is 12.7 Å². The minimum atomic E-state index is -1.99. The van der Waals surface area contributed by atoms with Gasteiger partial charge in [0.1, 0.15) is 6.10 Å². The van der Waals surface area contributed by atoms with E-state index in [2.05, 4.69) is 93.1 Å². The van der Waals surface area contributed by atoms with Crippen LogP contribution in [0.15, 0.2) is 12.7 Å². The molecule has 3 aliphatic rings. The Bertz CT molecular complexity index is 894. The summed E-state index contributed by atoms with van der Waals surface area (Å²) in [4.78, 5) is 0. The Hall–Kier alpha value is -0.386. The lowest BCUT2D eigenvalue weighted by Gasteiger charge is -2.62. The number of fused-ring (bicyclic) bond motifs is 1. The van der Waals surface area contributed by atoms with E-state index in [0.29, 0.717) is 11.8 Å². The molecule has 0 saturated heterocycles. The van der Waals surface area contributed by atoms with Crippen molar-refractivity contribution >= 4 is 16.6 Å². The van der Waals surface area contributed by atoms with Gasteiger partial charge in [-0.2, -0.15) is 0 Å². The van der Waals surface area contributed by atoms with Crippen molar-refractivity contribution < 1.29 is 14.0 Å². The topological polar surface area (TPSA) is 38.7 Å². The molecule has 0 aromatic heterocycles. The van der Waals surface area contributed by atoms with Crippen molar-refractivity contribution in [1.82, 2.24) is 0 Å². The van der Waals surface area contributed by atoms with Crippen molar-refractivity contribution in [3.63, 3.8) is 0 Å². The second kappa shape index (κ2) is 12.1. The zero-order chi connectivity index (χ0) is 29.4. The highest BCUT2D eigenvalue weighted by Crippen LogP contribution is 2.59. The van der Waals surface area contributed by atoms with Gasteiger partial charge in [0.25, 0.3) is 0 Å². The lowest BCUT2D eigenvalue weighted by Crippen LogP contribution is -2.66. The van der Waals surface area contributed by atoms with Gasteiger partial charge in [-0.25, -0.2) is 0 Å². The standard InChI is InChI=1S/C34H62O3Si2/c1-13-34(35)25(2)31-27(30(24-22-28(31)34)37-39(11,12)33(6,7)8)21-23-29(36-38(9,10)32(3,4)5)26-19-17-15-14-16-18-20-26/h13,25-31,35H,1,14-20,22,24H2,2-12H3/t25?,27-,28-,29+,30+,31+,34?/m0/s1. The highest BCUT2D eigenvalue weighted by molar-refractivity contribution is 6.74. The quantitative estimate of drug-likeness (QED) is 0.195. The second-order valence-electron chi connectivity index (χ2n) is 16.3. The van der Waals surface area contributed by atoms with E-state index in [1.165, 1.54) is 44.9 Å². The van der Waals surface area contributed by atoms with Gasteiger partial charge in [-0.05, 0) is 85.6 Å². The molecule has 7 atom stereocenters. The highest BCUT2D eigenvalue weighted by atomic mass is 28.4. The lowest BCUT2D eigenvalue weighted by molar-refractivity contribution is -0.199. The summed E-state index contributed by atoms with van der Waals surface area (Å²) in [5.41, 5.74) is -0.775. The smallest absolute Gasteiger partial charge is 0.193 e. The van der Waals surface area contributed by atoms with Crippen LogP contribution in [0.3, 0.4) is 0 Å². The molecule has 0 heterocycles. The molecule has 3 saturated carbocycles. The predicted molar refractivity (Wildman–Crippen MR) is 172 cm³/mol. The first-order chi connectivity index (χ1) is 17.9. The molecule has 3 rings (SSSR count). The van der Waals surface area contributed by atoms with Crippen molar-refractivity contribution in [2.75, 3.05) is 0 Å². The van der Waals surface area contributed by atoms with E-state index < -0.39 is 22.2 Å². The Morgan fingerprint density at radius 3 is 1.92 bits per heavy atom. The van der Waals surface area contributed by atoms with Crippen molar-refractivity contribution in [2.45, 2.75) is 160 Å². The van der Waals surface area contributed by atoms with E-state index >= 15 is 0 Å². The molecule has 1 N–H and O–H groups in total. The average Bonchev–Trinajstić information content (AvgIpc) is 2.79. The van der Waals surface area contributed by atoms with Crippen LogP contribution in [0, 0.1) is 41.4 Å². The fraction of sp³-hybridized carbons (Fsp3) is 0.882. The molecule has 224 valence electrons. The molecule has 3 nitrogen and oxygen atoms in total. The third kappa shape index (κ3) is 6.99. The molecular weight excluding hydrogens is 513 g/mol. The summed E-state index contributed by atoms with van der Waals surface area (Å²) in [6.45, 7) is 29.7. The van der Waals surface area contributed by atoms with E-state index in [9.17, 15) is 5.11 Å². The first-order valence-corrected chi connectivity index (χ1v) is 21.9. The van der Waals surface area contributed by atoms with Gasteiger partial charge in [0, 0.05) is 5.92 Å². The van der Waals surface area contributed by atoms with E-state index in [1.807, 2.05) is 0 Å². The monoisotopic (exact) mass is 574 g/mol. The van der Waals surface area contributed by atoms with Crippen molar-refractivity contribution in [1.29, 1.82) is 0 Å². The third-order valence-electron chi connectivity index (χ3n) is 11.7. The summed E-state index contributed by atoms with van der Waals surface area (Å²) in [5.74, 6) is 9.06. The SMILES string of the molecule is C=CC1(O)C(C)[C@@H]2[C@@H](C#C[C@@H](O[Si](C)(C)C(C)(C)C)C3CCCCCCC3)[C@H](O[Si](C)(C)C(C)(C)C)CC[C@@H]21. The minimum Gasteiger partial charge on any atom is -0.413 e. The molecule has 0 radical (unpaired) electrons. The van der Waals surface area contributed by atoms with E-state index in [-0.39, 0.29) is 40.0 Å². The zero-order valence-electron chi connectivity index (χ0n) is 27.5. The van der Waals surface area contributed by atoms with Gasteiger partial charge in [0.05, 0.1) is 11.7 Å². The van der Waals surface area contributed by atoms with Crippen LogP contribution in [-0.2, 0) is 8.85 Å². The molecule has 3 fully saturated rings. The Kier molecular flexibility index (Phi) is 10.3. The molecule has 0 bridgehead atoms. The Morgan fingerprint density at radius 2 is 1.41 bits per heavy atom. The normalized spacial score (nSPS) is 34.0. The first kappa shape index (κ1) is 33.1. The summed E-state index contributed by atoms with van der Waals surface area (Å²) >= 11 is 0. The third-order valence-corrected chi connectivity index (χ3v) is 20.7. The van der Waals surface area contributed by atoms with Crippen LogP contribution in [0.4, 0.5) is 0 Å². The van der Waals surface area contributed by atoms with E-state index in [1.54, 1.807) is 6.08 Å². The van der Waals surface area contributed by atoms with Crippen LogP contribution >= 0.6 is 0 Å². The van der Waals surface area contributed by atoms with Gasteiger partial charge in [0.15, 0.2) is 16.6 Å². The lowest BCUT2D eigenvalue weighted by atomic mass is 9.46. The summed E-state index contributed by atoms with van der Waals surface area (Å²) in [5, 5.41) is 11.7. The fourth-order valence-corrected chi connectivity index (χ4v) is 9.48. The van der Waals surface area contributed by atoms with Crippen LogP contribution in [0.2, 0.25) is 36.3 Å². The first-order valence-electron chi connectivity index (χ1n) is 16.1.